The van der Waals surface area contributed by atoms with Crippen LogP contribution in [0.2, 0.25) is 0 Å². The Balaban J connectivity index is 0.00000280. The van der Waals surface area contributed by atoms with Gasteiger partial charge in [0.15, 0.2) is 12.1 Å². The SMILES string of the molecule is COc1ccc(CN2CCN(C(F)CCC(=O)c3ccccc3)CC2)cc1.Cl. The second-order valence-corrected chi connectivity index (χ2v) is 6.92. The van der Waals surface area contributed by atoms with Gasteiger partial charge in [0, 0.05) is 44.7 Å². The molecule has 6 heteroatoms. The van der Waals surface area contributed by atoms with Crippen LogP contribution in [0.1, 0.15) is 28.8 Å². The Kier molecular flexibility index (Phi) is 8.90. The van der Waals surface area contributed by atoms with Crippen LogP contribution in [0.25, 0.3) is 0 Å². The van der Waals surface area contributed by atoms with Gasteiger partial charge in [0.05, 0.1) is 7.11 Å². The van der Waals surface area contributed by atoms with E-state index in [1.807, 2.05) is 35.2 Å². The summed E-state index contributed by atoms with van der Waals surface area (Å²) < 4.78 is 19.7. The van der Waals surface area contributed by atoms with Gasteiger partial charge in [-0.05, 0) is 24.1 Å². The molecule has 1 atom stereocenters. The summed E-state index contributed by atoms with van der Waals surface area (Å²) in [6, 6.07) is 17.2. The molecule has 0 amide bonds. The Morgan fingerprint density at radius 1 is 1.04 bits per heavy atom. The van der Waals surface area contributed by atoms with Crippen LogP contribution in [-0.4, -0.2) is 55.2 Å². The molecule has 1 saturated heterocycles. The fourth-order valence-electron chi connectivity index (χ4n) is 3.39. The number of piperazine rings is 1. The molecule has 4 nitrogen and oxygen atoms in total. The minimum absolute atomic E-state index is 0. The van der Waals surface area contributed by atoms with Gasteiger partial charge in [0.2, 0.25) is 0 Å². The average Bonchev–Trinajstić information content (AvgIpc) is 2.73. The number of nitrogens with zero attached hydrogens (tertiary/aromatic N) is 2. The summed E-state index contributed by atoms with van der Waals surface area (Å²) in [7, 11) is 1.66. The number of rotatable bonds is 8. The molecule has 1 heterocycles. The molecule has 1 fully saturated rings. The first-order valence-electron chi connectivity index (χ1n) is 9.47. The smallest absolute Gasteiger partial charge is 0.163 e. The Labute approximate surface area is 172 Å². The van der Waals surface area contributed by atoms with Crippen LogP contribution in [0.4, 0.5) is 4.39 Å². The van der Waals surface area contributed by atoms with Crippen molar-refractivity contribution in [3.63, 3.8) is 0 Å². The molecule has 3 rings (SSSR count). The predicted octanol–water partition coefficient (Wildman–Crippen LogP) is 4.19. The van der Waals surface area contributed by atoms with Crippen LogP contribution in [-0.2, 0) is 6.54 Å². The largest absolute Gasteiger partial charge is 0.497 e. The molecule has 1 aliphatic heterocycles. The number of hydrogen-bond acceptors (Lipinski definition) is 4. The quantitative estimate of drug-likeness (QED) is 0.486. The number of ether oxygens (including phenoxy) is 1. The summed E-state index contributed by atoms with van der Waals surface area (Å²) in [5.41, 5.74) is 1.89. The average molecular weight is 407 g/mol. The minimum Gasteiger partial charge on any atom is -0.497 e. The molecule has 152 valence electrons. The molecular weight excluding hydrogens is 379 g/mol. The number of Topliss-reactive ketones (excluding diaryl/α,β-unsaturated/α-hetero) is 1. The second kappa shape index (κ2) is 11.1. The molecule has 0 aromatic heterocycles. The van der Waals surface area contributed by atoms with Crippen molar-refractivity contribution in [1.82, 2.24) is 9.80 Å². The van der Waals surface area contributed by atoms with Gasteiger partial charge in [-0.2, -0.15) is 0 Å². The van der Waals surface area contributed by atoms with Crippen molar-refractivity contribution in [1.29, 1.82) is 0 Å². The highest BCUT2D eigenvalue weighted by molar-refractivity contribution is 5.95. The first-order chi connectivity index (χ1) is 13.2. The topological polar surface area (TPSA) is 32.8 Å². The number of halogens is 2. The zero-order valence-corrected chi connectivity index (χ0v) is 17.0. The molecule has 1 aliphatic rings. The molecule has 2 aromatic carbocycles. The fourth-order valence-corrected chi connectivity index (χ4v) is 3.39. The molecule has 0 aliphatic carbocycles. The van der Waals surface area contributed by atoms with E-state index in [4.69, 9.17) is 4.74 Å². The Bertz CT molecular complexity index is 719. The first kappa shape index (κ1) is 22.3. The van der Waals surface area contributed by atoms with Gasteiger partial charge >= 0.3 is 0 Å². The van der Waals surface area contributed by atoms with E-state index in [9.17, 15) is 9.18 Å². The Morgan fingerprint density at radius 3 is 2.29 bits per heavy atom. The van der Waals surface area contributed by atoms with Crippen molar-refractivity contribution in [2.45, 2.75) is 25.7 Å². The van der Waals surface area contributed by atoms with Crippen LogP contribution in [0.3, 0.4) is 0 Å². The fraction of sp³-hybridized carbons (Fsp3) is 0.409. The molecule has 0 radical (unpaired) electrons. The van der Waals surface area contributed by atoms with E-state index >= 15 is 0 Å². The summed E-state index contributed by atoms with van der Waals surface area (Å²) in [4.78, 5) is 16.3. The van der Waals surface area contributed by atoms with E-state index in [2.05, 4.69) is 17.0 Å². The van der Waals surface area contributed by atoms with Crippen molar-refractivity contribution >= 4 is 18.2 Å². The molecule has 0 bridgehead atoms. The van der Waals surface area contributed by atoms with Crippen molar-refractivity contribution in [2.75, 3.05) is 33.3 Å². The summed E-state index contributed by atoms with van der Waals surface area (Å²) in [6.45, 7) is 3.91. The maximum atomic E-state index is 14.5. The van der Waals surface area contributed by atoms with Gasteiger partial charge in [-0.15, -0.1) is 12.4 Å². The van der Waals surface area contributed by atoms with E-state index < -0.39 is 6.30 Å². The third kappa shape index (κ3) is 6.30. The highest BCUT2D eigenvalue weighted by Gasteiger charge is 2.24. The predicted molar refractivity (Wildman–Crippen MR) is 112 cm³/mol. The van der Waals surface area contributed by atoms with E-state index in [0.29, 0.717) is 18.7 Å². The lowest BCUT2D eigenvalue weighted by atomic mass is 10.1. The summed E-state index contributed by atoms with van der Waals surface area (Å²) in [6.07, 6.45) is -0.551. The Hall–Kier alpha value is -1.95. The standard InChI is InChI=1S/C22H27FN2O2.ClH/c1-27-20-9-7-18(8-10-20)17-24-13-15-25(16-14-24)22(23)12-11-21(26)19-5-3-2-4-6-19;/h2-10,22H,11-17H2,1H3;1H. The van der Waals surface area contributed by atoms with Crippen molar-refractivity contribution < 1.29 is 13.9 Å². The maximum absolute atomic E-state index is 14.5. The van der Waals surface area contributed by atoms with Crippen molar-refractivity contribution in [2.24, 2.45) is 0 Å². The van der Waals surface area contributed by atoms with Gasteiger partial charge in [-0.3, -0.25) is 14.6 Å². The van der Waals surface area contributed by atoms with Crippen molar-refractivity contribution in [3.05, 3.63) is 65.7 Å². The van der Waals surface area contributed by atoms with Crippen LogP contribution >= 0.6 is 12.4 Å². The molecule has 2 aromatic rings. The normalized spacial score (nSPS) is 16.2. The van der Waals surface area contributed by atoms with Crippen LogP contribution in [0.5, 0.6) is 5.75 Å². The highest BCUT2D eigenvalue weighted by Crippen LogP contribution is 2.17. The second-order valence-electron chi connectivity index (χ2n) is 6.92. The zero-order valence-electron chi connectivity index (χ0n) is 16.2. The van der Waals surface area contributed by atoms with E-state index in [1.54, 1.807) is 19.2 Å². The van der Waals surface area contributed by atoms with Crippen molar-refractivity contribution in [3.8, 4) is 5.75 Å². The first-order valence-corrected chi connectivity index (χ1v) is 9.47. The van der Waals surface area contributed by atoms with E-state index in [0.717, 1.165) is 25.4 Å². The molecule has 28 heavy (non-hydrogen) atoms. The van der Waals surface area contributed by atoms with Crippen LogP contribution < -0.4 is 4.74 Å². The number of ketones is 1. The number of carbonyl (C=O) groups excluding carboxylic acids is 1. The van der Waals surface area contributed by atoms with Gasteiger partial charge < -0.3 is 4.74 Å². The molecule has 0 N–H and O–H groups in total. The lowest BCUT2D eigenvalue weighted by Gasteiger charge is -2.36. The monoisotopic (exact) mass is 406 g/mol. The number of alkyl halides is 1. The number of benzene rings is 2. The van der Waals surface area contributed by atoms with Gasteiger partial charge in [-0.1, -0.05) is 42.5 Å². The molecule has 0 saturated carbocycles. The summed E-state index contributed by atoms with van der Waals surface area (Å²) >= 11 is 0. The third-order valence-corrected chi connectivity index (χ3v) is 5.07. The number of carbonyl (C=O) groups is 1. The third-order valence-electron chi connectivity index (χ3n) is 5.07. The number of methoxy groups -OCH3 is 1. The summed E-state index contributed by atoms with van der Waals surface area (Å²) in [5.74, 6) is 0.866. The molecular formula is C22H28ClFN2O2. The lowest BCUT2D eigenvalue weighted by molar-refractivity contribution is 0.0237. The van der Waals surface area contributed by atoms with Gasteiger partial charge in [-0.25, -0.2) is 4.39 Å². The minimum atomic E-state index is -1.05. The van der Waals surface area contributed by atoms with E-state index in [1.165, 1.54) is 5.56 Å². The number of hydrogen-bond donors (Lipinski definition) is 0. The molecule has 1 unspecified atom stereocenters. The van der Waals surface area contributed by atoms with E-state index in [-0.39, 0.29) is 31.0 Å². The summed E-state index contributed by atoms with van der Waals surface area (Å²) in [5, 5.41) is 0. The van der Waals surface area contributed by atoms with Gasteiger partial charge in [0.25, 0.3) is 0 Å². The lowest BCUT2D eigenvalue weighted by Crippen LogP contribution is -2.48. The van der Waals surface area contributed by atoms with Gasteiger partial charge in [0.1, 0.15) is 5.75 Å². The van der Waals surface area contributed by atoms with Crippen LogP contribution in [0.15, 0.2) is 54.6 Å². The Morgan fingerprint density at radius 2 is 1.68 bits per heavy atom. The molecule has 0 spiro atoms. The highest BCUT2D eigenvalue weighted by atomic mass is 35.5. The zero-order chi connectivity index (χ0) is 19.1. The maximum Gasteiger partial charge on any atom is 0.163 e. The van der Waals surface area contributed by atoms with Crippen LogP contribution in [0, 0.1) is 0 Å².